The van der Waals surface area contributed by atoms with E-state index in [-0.39, 0.29) is 5.56 Å². The number of aromatic nitrogens is 2. The number of halogens is 1. The number of pyridine rings is 1. The molecule has 0 saturated heterocycles. The molecule has 0 amide bonds. The van der Waals surface area contributed by atoms with Crippen LogP contribution in [0.15, 0.2) is 16.9 Å². The van der Waals surface area contributed by atoms with Crippen LogP contribution in [0.25, 0.3) is 5.65 Å². The Balaban J connectivity index is 2.99. The molecule has 0 spiro atoms. The molecule has 0 radical (unpaired) electrons. The van der Waals surface area contributed by atoms with Crippen molar-refractivity contribution in [2.45, 2.75) is 27.2 Å². The zero-order valence-electron chi connectivity index (χ0n) is 9.54. The number of nitrogens with zero attached hydrogens (tertiary/aromatic N) is 2. The topological polar surface area (TPSA) is 34.4 Å². The molecule has 0 aliphatic heterocycles. The maximum Gasteiger partial charge on any atom is 0.262 e. The first kappa shape index (κ1) is 11.1. The van der Waals surface area contributed by atoms with E-state index in [9.17, 15) is 4.79 Å². The Morgan fingerprint density at radius 1 is 1.38 bits per heavy atom. The third-order valence-electron chi connectivity index (χ3n) is 2.65. The fourth-order valence-corrected chi connectivity index (χ4v) is 2.22. The van der Waals surface area contributed by atoms with Crippen molar-refractivity contribution in [1.82, 2.24) is 9.38 Å². The molecule has 16 heavy (non-hydrogen) atoms. The lowest BCUT2D eigenvalue weighted by atomic mass is 10.2. The Bertz CT molecular complexity index is 616. The van der Waals surface area contributed by atoms with Crippen LogP contribution >= 0.6 is 11.6 Å². The molecule has 3 nitrogen and oxygen atoms in total. The molecule has 84 valence electrons. The summed E-state index contributed by atoms with van der Waals surface area (Å²) in [6, 6.07) is 3.82. The van der Waals surface area contributed by atoms with E-state index in [1.54, 1.807) is 4.40 Å². The van der Waals surface area contributed by atoms with Crippen LogP contribution in [0, 0.1) is 13.8 Å². The molecule has 2 rings (SSSR count). The molecule has 2 heterocycles. The summed E-state index contributed by atoms with van der Waals surface area (Å²) >= 11 is 5.99. The van der Waals surface area contributed by atoms with Crippen LogP contribution in [0.5, 0.6) is 0 Å². The van der Waals surface area contributed by atoms with Crippen LogP contribution in [-0.2, 0) is 6.42 Å². The summed E-state index contributed by atoms with van der Waals surface area (Å²) in [6.45, 7) is 5.78. The number of aryl methyl sites for hydroxylation is 2. The Labute approximate surface area is 98.7 Å². The van der Waals surface area contributed by atoms with Gasteiger partial charge >= 0.3 is 0 Å². The van der Waals surface area contributed by atoms with Gasteiger partial charge in [-0.05, 0) is 38.0 Å². The third-order valence-corrected chi connectivity index (χ3v) is 2.96. The summed E-state index contributed by atoms with van der Waals surface area (Å²) < 4.78 is 1.61. The van der Waals surface area contributed by atoms with Gasteiger partial charge in [-0.3, -0.25) is 9.20 Å². The van der Waals surface area contributed by atoms with Crippen molar-refractivity contribution in [3.05, 3.63) is 44.5 Å². The molecule has 0 aliphatic carbocycles. The van der Waals surface area contributed by atoms with Gasteiger partial charge in [-0.1, -0.05) is 18.5 Å². The van der Waals surface area contributed by atoms with Gasteiger partial charge in [-0.25, -0.2) is 4.98 Å². The average Bonchev–Trinajstić information content (AvgIpc) is 2.15. The van der Waals surface area contributed by atoms with Gasteiger partial charge in [-0.15, -0.1) is 0 Å². The summed E-state index contributed by atoms with van der Waals surface area (Å²) in [5.74, 6) is 0. The minimum atomic E-state index is -0.0602. The van der Waals surface area contributed by atoms with Crippen molar-refractivity contribution in [1.29, 1.82) is 0 Å². The van der Waals surface area contributed by atoms with Crippen LogP contribution in [0.2, 0.25) is 5.15 Å². The Morgan fingerprint density at radius 3 is 2.69 bits per heavy atom. The quantitative estimate of drug-likeness (QED) is 0.713. The maximum atomic E-state index is 12.2. The van der Waals surface area contributed by atoms with Crippen LogP contribution in [0.1, 0.15) is 23.7 Å². The maximum absolute atomic E-state index is 12.2. The van der Waals surface area contributed by atoms with Crippen LogP contribution in [-0.4, -0.2) is 9.38 Å². The predicted molar refractivity (Wildman–Crippen MR) is 65.3 cm³/mol. The standard InChI is InChI=1S/C12H13ClN2O/c1-4-9-11(13)14-10-6-7(2)5-8(3)15(10)12(9)16/h5-6H,4H2,1-3H3. The van der Waals surface area contributed by atoms with Gasteiger partial charge in [0.25, 0.3) is 5.56 Å². The summed E-state index contributed by atoms with van der Waals surface area (Å²) in [7, 11) is 0. The van der Waals surface area contributed by atoms with Gasteiger partial charge < -0.3 is 0 Å². The van der Waals surface area contributed by atoms with E-state index in [4.69, 9.17) is 11.6 Å². The van der Waals surface area contributed by atoms with Gasteiger partial charge in [0, 0.05) is 5.69 Å². The first-order valence-electron chi connectivity index (χ1n) is 5.23. The SMILES string of the molecule is CCc1c(Cl)nc2cc(C)cc(C)n2c1=O. The van der Waals surface area contributed by atoms with Crippen molar-refractivity contribution in [2.75, 3.05) is 0 Å². The summed E-state index contributed by atoms with van der Waals surface area (Å²) in [5, 5.41) is 0.317. The molecule has 0 bridgehead atoms. The second-order valence-electron chi connectivity index (χ2n) is 3.91. The van der Waals surface area contributed by atoms with E-state index in [0.717, 1.165) is 11.3 Å². The summed E-state index contributed by atoms with van der Waals surface area (Å²) in [6.07, 6.45) is 0.598. The van der Waals surface area contributed by atoms with E-state index in [0.29, 0.717) is 22.8 Å². The lowest BCUT2D eigenvalue weighted by molar-refractivity contribution is 0.932. The molecule has 0 aromatic carbocycles. The number of hydrogen-bond donors (Lipinski definition) is 0. The van der Waals surface area contributed by atoms with E-state index < -0.39 is 0 Å². The number of hydrogen-bond acceptors (Lipinski definition) is 2. The molecule has 0 aliphatic rings. The molecule has 0 fully saturated rings. The van der Waals surface area contributed by atoms with Crippen molar-refractivity contribution in [2.24, 2.45) is 0 Å². The zero-order valence-corrected chi connectivity index (χ0v) is 10.3. The largest absolute Gasteiger partial charge is 0.269 e. The van der Waals surface area contributed by atoms with E-state index in [1.165, 1.54) is 0 Å². The first-order chi connectivity index (χ1) is 7.54. The molecule has 4 heteroatoms. The van der Waals surface area contributed by atoms with E-state index in [2.05, 4.69) is 4.98 Å². The molecular weight excluding hydrogens is 224 g/mol. The Kier molecular flexibility index (Phi) is 2.72. The van der Waals surface area contributed by atoms with Crippen molar-refractivity contribution >= 4 is 17.2 Å². The van der Waals surface area contributed by atoms with Gasteiger partial charge in [-0.2, -0.15) is 0 Å². The van der Waals surface area contributed by atoms with Gasteiger partial charge in [0.05, 0.1) is 5.56 Å². The predicted octanol–water partition coefficient (Wildman–Crippen LogP) is 2.53. The monoisotopic (exact) mass is 236 g/mol. The summed E-state index contributed by atoms with van der Waals surface area (Å²) in [4.78, 5) is 16.4. The summed E-state index contributed by atoms with van der Waals surface area (Å²) in [5.41, 5.74) is 3.09. The molecule has 2 aromatic rings. The highest BCUT2D eigenvalue weighted by molar-refractivity contribution is 6.30. The first-order valence-corrected chi connectivity index (χ1v) is 5.60. The Morgan fingerprint density at radius 2 is 2.06 bits per heavy atom. The van der Waals surface area contributed by atoms with Gasteiger partial charge in [0.1, 0.15) is 10.8 Å². The highest BCUT2D eigenvalue weighted by Crippen LogP contribution is 2.13. The highest BCUT2D eigenvalue weighted by atomic mass is 35.5. The molecule has 0 saturated carbocycles. The minimum absolute atomic E-state index is 0.0602. The second kappa shape index (κ2) is 3.91. The van der Waals surface area contributed by atoms with Crippen molar-refractivity contribution < 1.29 is 0 Å². The smallest absolute Gasteiger partial charge is 0.262 e. The van der Waals surface area contributed by atoms with Crippen LogP contribution < -0.4 is 5.56 Å². The fraction of sp³-hybridized carbons (Fsp3) is 0.333. The van der Waals surface area contributed by atoms with Crippen molar-refractivity contribution in [3.63, 3.8) is 0 Å². The normalized spacial score (nSPS) is 11.0. The van der Waals surface area contributed by atoms with Gasteiger partial charge in [0.2, 0.25) is 0 Å². The molecule has 2 aromatic heterocycles. The van der Waals surface area contributed by atoms with E-state index in [1.807, 2.05) is 32.9 Å². The lowest BCUT2D eigenvalue weighted by Crippen LogP contribution is -2.21. The number of rotatable bonds is 1. The zero-order chi connectivity index (χ0) is 11.9. The molecule has 0 atom stereocenters. The molecular formula is C12H13ClN2O. The average molecular weight is 237 g/mol. The lowest BCUT2D eigenvalue weighted by Gasteiger charge is -2.08. The number of fused-ring (bicyclic) bond motifs is 1. The Hall–Kier alpha value is -1.35. The second-order valence-corrected chi connectivity index (χ2v) is 4.27. The highest BCUT2D eigenvalue weighted by Gasteiger charge is 2.10. The fourth-order valence-electron chi connectivity index (χ4n) is 1.92. The van der Waals surface area contributed by atoms with Crippen LogP contribution in [0.3, 0.4) is 0 Å². The van der Waals surface area contributed by atoms with Gasteiger partial charge in [0.15, 0.2) is 0 Å². The van der Waals surface area contributed by atoms with Crippen molar-refractivity contribution in [3.8, 4) is 0 Å². The molecule has 0 N–H and O–H groups in total. The minimum Gasteiger partial charge on any atom is -0.269 e. The third kappa shape index (κ3) is 1.61. The van der Waals surface area contributed by atoms with Crippen LogP contribution in [0.4, 0.5) is 0 Å². The molecule has 0 unspecified atom stereocenters. The van der Waals surface area contributed by atoms with E-state index >= 15 is 0 Å².